The van der Waals surface area contributed by atoms with Gasteiger partial charge in [-0.15, -0.1) is 0 Å². The van der Waals surface area contributed by atoms with Crippen LogP contribution in [0.1, 0.15) is 0 Å². The van der Waals surface area contributed by atoms with E-state index in [9.17, 15) is 0 Å². The third-order valence-electron chi connectivity index (χ3n) is 0.270. The molecule has 0 amide bonds. The molecule has 7 heteroatoms. The maximum atomic E-state index is 8.44. The van der Waals surface area contributed by atoms with E-state index in [1.807, 2.05) is 5.16 Å². The number of nitrogens with one attached hydrogen (secondary N) is 1. The maximum absolute atomic E-state index is 8.44. The number of hydrogen-bond acceptors (Lipinski definition) is 6. The molecule has 1 N–H and O–H groups in total. The Morgan fingerprint density at radius 2 is 2.22 bits per heavy atom. The summed E-state index contributed by atoms with van der Waals surface area (Å²) in [6.45, 7) is 2.56. The minimum absolute atomic E-state index is 0. The summed E-state index contributed by atoms with van der Waals surface area (Å²) in [5.74, 6) is 0. The van der Waals surface area contributed by atoms with Gasteiger partial charge in [0.2, 0.25) is 13.1 Å². The molecule has 1 rings (SSSR count). The average molecular weight is 150 g/mol. The van der Waals surface area contributed by atoms with Crippen molar-refractivity contribution in [3.05, 3.63) is 5.21 Å². The predicted octanol–water partition coefficient (Wildman–Crippen LogP) is -4.82. The van der Waals surface area contributed by atoms with E-state index in [2.05, 4.69) is 27.7 Å². The van der Waals surface area contributed by atoms with Gasteiger partial charge in [-0.3, -0.25) is 0 Å². The lowest BCUT2D eigenvalue weighted by Crippen LogP contribution is -3.00. The molecule has 0 aromatic carbocycles. The summed E-state index contributed by atoms with van der Waals surface area (Å²) in [5.41, 5.74) is 2.25. The molecule has 0 spiro atoms. The minimum Gasteiger partial charge on any atom is -1.00 e. The molecule has 0 aromatic heterocycles. The molecule has 1 heterocycles. The Balaban J connectivity index is 0. The molecule has 0 unspecified atom stereocenters. The normalized spacial score (nSPS) is 11.1. The Labute approximate surface area is 57.7 Å². The highest BCUT2D eigenvalue weighted by molar-refractivity contribution is 5.53. The second-order valence-corrected chi connectivity index (χ2v) is 0.689. The van der Waals surface area contributed by atoms with Crippen molar-refractivity contribution in [2.24, 2.45) is 15.4 Å². The van der Waals surface area contributed by atoms with Crippen LogP contribution in [0.15, 0.2) is 15.4 Å². The average Bonchev–Trinajstić information content (AvgIpc) is 2.17. The fraction of sp³-hybridized carbons (Fsp3) is 0. The van der Waals surface area contributed by atoms with Crippen LogP contribution in [0, 0.1) is 5.21 Å². The largest absolute Gasteiger partial charge is 1.00 e. The Bertz CT molecular complexity index is 102. The molecule has 6 nitrogen and oxygen atoms in total. The maximum Gasteiger partial charge on any atom is 0.217 e. The van der Waals surface area contributed by atoms with Crippen LogP contribution in [0.25, 0.3) is 0 Å². The monoisotopic (exact) mass is 149 g/mol. The lowest BCUT2D eigenvalue weighted by atomic mass is 11.4. The van der Waals surface area contributed by atoms with Crippen molar-refractivity contribution < 1.29 is 17.9 Å². The molecule has 0 atom stereocenters. The predicted molar refractivity (Wildman–Crippen MR) is 26.9 cm³/mol. The summed E-state index contributed by atoms with van der Waals surface area (Å²) in [7, 11) is 0. The van der Waals surface area contributed by atoms with Gasteiger partial charge in [-0.05, 0) is 0 Å². The fourth-order valence-electron chi connectivity index (χ4n) is 0.129. The Morgan fingerprint density at radius 3 is 2.33 bits per heavy atom. The molecule has 1 aliphatic rings. The van der Waals surface area contributed by atoms with Gasteiger partial charge in [0, 0.05) is 5.10 Å². The third-order valence-corrected chi connectivity index (χ3v) is 0.270. The van der Waals surface area contributed by atoms with Gasteiger partial charge in [0.25, 0.3) is 0 Å². The summed E-state index contributed by atoms with van der Waals surface area (Å²) < 4.78 is 0. The van der Waals surface area contributed by atoms with Crippen LogP contribution in [-0.2, 0) is 0 Å². The van der Waals surface area contributed by atoms with Crippen LogP contribution < -0.4 is 23.1 Å². The van der Waals surface area contributed by atoms with Crippen LogP contribution in [0.4, 0.5) is 0 Å². The molecule has 2 radical (unpaired) electrons. The number of nitrogens with zero attached hydrogens (tertiary/aromatic N) is 4. The van der Waals surface area contributed by atoms with E-state index in [4.69, 9.17) is 5.21 Å². The van der Waals surface area contributed by atoms with Gasteiger partial charge in [0.15, 0.2) is 0 Å². The van der Waals surface area contributed by atoms with E-state index in [0.29, 0.717) is 0 Å². The SMILES string of the molecule is C1=N[NH+]N=N1.C=[N+][O-].[Cl-]. The van der Waals surface area contributed by atoms with E-state index < -0.39 is 0 Å². The van der Waals surface area contributed by atoms with Crippen LogP contribution in [-0.4, -0.2) is 13.1 Å². The first-order valence-corrected chi connectivity index (χ1v) is 1.66. The minimum atomic E-state index is 0. The van der Waals surface area contributed by atoms with Crippen molar-refractivity contribution in [1.82, 2.24) is 5.16 Å². The topological polar surface area (TPSA) is 89.8 Å². The van der Waals surface area contributed by atoms with Gasteiger partial charge in [-0.2, -0.15) is 0 Å². The lowest BCUT2D eigenvalue weighted by molar-refractivity contribution is -0.668. The zero-order valence-corrected chi connectivity index (χ0v) is 5.12. The van der Waals surface area contributed by atoms with Gasteiger partial charge >= 0.3 is 0 Å². The summed E-state index contributed by atoms with van der Waals surface area (Å²) in [5, 5.41) is 20.4. The highest BCUT2D eigenvalue weighted by Gasteiger charge is 1.86. The summed E-state index contributed by atoms with van der Waals surface area (Å²) in [6, 6.07) is 0. The zero-order valence-electron chi connectivity index (χ0n) is 4.36. The molecule has 50 valence electrons. The van der Waals surface area contributed by atoms with E-state index in [1.165, 1.54) is 6.34 Å². The van der Waals surface area contributed by atoms with Gasteiger partial charge in [-0.25, -0.2) is 0 Å². The first-order chi connectivity index (χ1) is 3.91. The summed E-state index contributed by atoms with van der Waals surface area (Å²) in [4.78, 5) is 0. The fourth-order valence-corrected chi connectivity index (χ4v) is 0.129. The number of halogens is 1. The van der Waals surface area contributed by atoms with Gasteiger partial charge in [0.05, 0.1) is 5.16 Å². The first kappa shape index (κ1) is 10.9. The van der Waals surface area contributed by atoms with Crippen molar-refractivity contribution in [3.63, 3.8) is 0 Å². The molecule has 0 saturated carbocycles. The first-order valence-electron chi connectivity index (χ1n) is 1.66. The van der Waals surface area contributed by atoms with Crippen LogP contribution in [0.5, 0.6) is 0 Å². The second-order valence-electron chi connectivity index (χ2n) is 0.689. The van der Waals surface area contributed by atoms with Gasteiger partial charge < -0.3 is 17.6 Å². The van der Waals surface area contributed by atoms with Crippen molar-refractivity contribution in [1.29, 1.82) is 0 Å². The Hall–Kier alpha value is -1.01. The Morgan fingerprint density at radius 1 is 1.67 bits per heavy atom. The smallest absolute Gasteiger partial charge is 0.217 e. The molecular weight excluding hydrogens is 146 g/mol. The van der Waals surface area contributed by atoms with Crippen LogP contribution in [0.2, 0.25) is 0 Å². The number of hydrazone groups is 1. The molecule has 0 bridgehead atoms. The third kappa shape index (κ3) is 10.9. The van der Waals surface area contributed by atoms with E-state index in [1.54, 1.807) is 0 Å². The molecule has 1 aliphatic heterocycles. The van der Waals surface area contributed by atoms with Crippen molar-refractivity contribution >= 4 is 13.1 Å². The van der Waals surface area contributed by atoms with E-state index in [0.717, 1.165) is 0 Å². The molecule has 0 saturated heterocycles. The summed E-state index contributed by atoms with van der Waals surface area (Å²) >= 11 is 0. The van der Waals surface area contributed by atoms with Gasteiger partial charge in [0.1, 0.15) is 10.8 Å². The zero-order chi connectivity index (χ0) is 6.24. The highest BCUT2D eigenvalue weighted by Crippen LogP contribution is 1.58. The van der Waals surface area contributed by atoms with Gasteiger partial charge in [-0.1, -0.05) is 5.11 Å². The second kappa shape index (κ2) is 10.1. The van der Waals surface area contributed by atoms with Crippen molar-refractivity contribution in [2.75, 3.05) is 0 Å². The van der Waals surface area contributed by atoms with Crippen molar-refractivity contribution in [2.45, 2.75) is 0 Å². The standard InChI is InChI=1S/CH2N4.CH2NO.ClH/c1-2-4-5-3-1;1-2-3;/h1,4H;1H2;1H/q+1;;/p-1. The summed E-state index contributed by atoms with van der Waals surface area (Å²) in [6.07, 6.45) is 1.33. The lowest BCUT2D eigenvalue weighted by Gasteiger charge is -1.43. The molecule has 9 heavy (non-hydrogen) atoms. The van der Waals surface area contributed by atoms with Crippen LogP contribution in [0.3, 0.4) is 0 Å². The van der Waals surface area contributed by atoms with Crippen LogP contribution >= 0.6 is 0 Å². The Kier molecular flexibility index (Phi) is 12.2. The number of rotatable bonds is 0. The molecule has 0 aromatic rings. The highest BCUT2D eigenvalue weighted by atomic mass is 35.5. The molecule has 0 fully saturated rings. The van der Waals surface area contributed by atoms with E-state index >= 15 is 0 Å². The van der Waals surface area contributed by atoms with Crippen molar-refractivity contribution in [3.8, 4) is 0 Å². The van der Waals surface area contributed by atoms with E-state index in [-0.39, 0.29) is 12.4 Å². The quantitative estimate of drug-likeness (QED) is 0.209. The number of hydrogen-bond donors (Lipinski definition) is 1. The molecule has 0 aliphatic carbocycles. The molecular formula is C2H4ClN5O.